The number of aromatic nitrogens is 1. The van der Waals surface area contributed by atoms with Crippen molar-refractivity contribution in [1.29, 1.82) is 0 Å². The number of amides is 1. The highest BCUT2D eigenvalue weighted by atomic mass is 32.2. The molecule has 40 heavy (non-hydrogen) atoms. The van der Waals surface area contributed by atoms with Gasteiger partial charge in [-0.1, -0.05) is 12.1 Å². The molecule has 0 radical (unpaired) electrons. The summed E-state index contributed by atoms with van der Waals surface area (Å²) in [4.78, 5) is 16.4. The summed E-state index contributed by atoms with van der Waals surface area (Å²) in [5.41, 5.74) is 5.61. The number of carbonyl (C=O) groups is 1. The monoisotopic (exact) mass is 593 g/mol. The van der Waals surface area contributed by atoms with E-state index in [0.29, 0.717) is 5.75 Å². The molecule has 0 fully saturated rings. The van der Waals surface area contributed by atoms with E-state index in [4.69, 9.17) is 10.5 Å². The Bertz CT molecular complexity index is 1300. The maximum atomic E-state index is 15.3. The average molecular weight is 594 g/mol. The van der Waals surface area contributed by atoms with Crippen molar-refractivity contribution < 1.29 is 27.4 Å². The summed E-state index contributed by atoms with van der Waals surface area (Å²) in [6, 6.07) is 13.2. The van der Waals surface area contributed by atoms with Crippen LogP contribution in [0.15, 0.2) is 60.8 Å². The summed E-state index contributed by atoms with van der Waals surface area (Å²) in [5, 5.41) is 2.57. The highest BCUT2D eigenvalue weighted by Crippen LogP contribution is 2.29. The number of rotatable bonds is 11. The number of carbonyl (C=O) groups excluding carboxylic acids is 1. The third-order valence-corrected chi connectivity index (χ3v) is 8.95. The number of hydrogen-bond donors (Lipinski definition) is 3. The Balaban J connectivity index is 1.89. The first-order valence-corrected chi connectivity index (χ1v) is 14.6. The fourth-order valence-corrected chi connectivity index (χ4v) is 5.54. The Labute approximate surface area is 239 Å². The van der Waals surface area contributed by atoms with Gasteiger partial charge in [0, 0.05) is 41.0 Å². The van der Waals surface area contributed by atoms with E-state index in [2.05, 4.69) is 15.0 Å². The van der Waals surface area contributed by atoms with Crippen LogP contribution < -0.4 is 20.5 Å². The van der Waals surface area contributed by atoms with Crippen LogP contribution in [0.4, 0.5) is 14.5 Å². The van der Waals surface area contributed by atoms with E-state index in [0.717, 1.165) is 23.9 Å². The molecule has 1 heterocycles. The summed E-state index contributed by atoms with van der Waals surface area (Å²) in [7, 11) is 3.19. The summed E-state index contributed by atoms with van der Waals surface area (Å²) in [6.07, 6.45) is 0.902. The Morgan fingerprint density at radius 2 is 1.77 bits per heavy atom. The highest BCUT2D eigenvalue weighted by Gasteiger charge is 2.44. The largest absolute Gasteiger partial charge is 0.598 e. The molecule has 0 bridgehead atoms. The predicted octanol–water partition coefficient (Wildman–Crippen LogP) is 3.58. The van der Waals surface area contributed by atoms with Gasteiger partial charge in [-0.25, -0.2) is 13.8 Å². The van der Waals surface area contributed by atoms with Crippen LogP contribution in [0.1, 0.15) is 42.4 Å². The van der Waals surface area contributed by atoms with Crippen molar-refractivity contribution >= 4 is 34.3 Å². The number of anilines is 1. The number of nitrogens with zero attached hydrogens (tertiary/aromatic N) is 2. The van der Waals surface area contributed by atoms with Gasteiger partial charge in [0.15, 0.2) is 11.4 Å². The molecule has 3 atom stereocenters. The first kappa shape index (κ1) is 31.7. The molecule has 216 valence electrons. The normalized spacial score (nSPS) is 14.9. The Kier molecular flexibility index (Phi) is 10.5. The van der Waals surface area contributed by atoms with Crippen molar-refractivity contribution in [3.05, 3.63) is 89.2 Å². The lowest BCUT2D eigenvalue weighted by molar-refractivity contribution is 0.102. The Hall–Kier alpha value is -2.78. The second kappa shape index (κ2) is 13.3. The molecule has 13 heteroatoms. The van der Waals surface area contributed by atoms with Crippen LogP contribution >= 0.6 is 0 Å². The molecule has 0 saturated heterocycles. The van der Waals surface area contributed by atoms with Gasteiger partial charge in [0.2, 0.25) is 0 Å². The number of benzene rings is 2. The number of methoxy groups -OCH3 is 1. The molecule has 0 aliphatic carbocycles. The fourth-order valence-electron chi connectivity index (χ4n) is 3.50. The van der Waals surface area contributed by atoms with Crippen molar-refractivity contribution in [2.75, 3.05) is 25.2 Å². The van der Waals surface area contributed by atoms with Gasteiger partial charge in [0.1, 0.15) is 27.8 Å². The Morgan fingerprint density at radius 3 is 2.35 bits per heavy atom. The summed E-state index contributed by atoms with van der Waals surface area (Å²) < 4.78 is 63.7. The number of halogens is 2. The highest BCUT2D eigenvalue weighted by molar-refractivity contribution is 7.91. The van der Waals surface area contributed by atoms with E-state index in [-0.39, 0.29) is 29.2 Å². The molecular formula is C27H33F2N5O4S2. The van der Waals surface area contributed by atoms with Gasteiger partial charge in [0.05, 0.1) is 19.9 Å². The number of nitrogens with one attached hydrogen (secondary N) is 2. The van der Waals surface area contributed by atoms with Gasteiger partial charge in [0.25, 0.3) is 5.91 Å². The minimum absolute atomic E-state index is 0.0560. The van der Waals surface area contributed by atoms with Crippen LogP contribution in [0, 0.1) is 11.6 Å². The third-order valence-electron chi connectivity index (χ3n) is 5.76. The average Bonchev–Trinajstić information content (AvgIpc) is 2.89. The minimum atomic E-state index is -1.86. The van der Waals surface area contributed by atoms with E-state index in [9.17, 15) is 18.3 Å². The van der Waals surface area contributed by atoms with Crippen molar-refractivity contribution in [3.8, 4) is 5.75 Å². The van der Waals surface area contributed by atoms with Crippen LogP contribution in [-0.4, -0.2) is 49.0 Å². The van der Waals surface area contributed by atoms with Crippen molar-refractivity contribution in [1.82, 2.24) is 14.0 Å². The van der Waals surface area contributed by atoms with Crippen molar-refractivity contribution in [2.45, 2.75) is 37.7 Å². The van der Waals surface area contributed by atoms with Crippen LogP contribution in [0.5, 0.6) is 5.75 Å². The van der Waals surface area contributed by atoms with Crippen LogP contribution in [0.25, 0.3) is 0 Å². The molecule has 1 amide bonds. The third kappa shape index (κ3) is 8.36. The van der Waals surface area contributed by atoms with E-state index in [1.807, 2.05) is 12.1 Å². The first-order chi connectivity index (χ1) is 18.7. The van der Waals surface area contributed by atoms with Crippen molar-refractivity contribution in [3.63, 3.8) is 0 Å². The van der Waals surface area contributed by atoms with Crippen LogP contribution in [0.3, 0.4) is 0 Å². The molecule has 4 N–H and O–H groups in total. The Morgan fingerprint density at radius 1 is 1.10 bits per heavy atom. The lowest BCUT2D eigenvalue weighted by Gasteiger charge is -2.36. The smallest absolute Gasteiger partial charge is 0.274 e. The van der Waals surface area contributed by atoms with Gasteiger partial charge in [-0.15, -0.1) is 9.03 Å². The van der Waals surface area contributed by atoms with Gasteiger partial charge in [-0.3, -0.25) is 4.79 Å². The molecule has 0 aliphatic heterocycles. The maximum Gasteiger partial charge on any atom is 0.274 e. The first-order valence-electron chi connectivity index (χ1n) is 12.2. The second-order valence-corrected chi connectivity index (χ2v) is 13.6. The molecule has 0 aliphatic rings. The minimum Gasteiger partial charge on any atom is -0.598 e. The van der Waals surface area contributed by atoms with E-state index >= 15 is 4.39 Å². The van der Waals surface area contributed by atoms with Gasteiger partial charge in [-0.05, 0) is 68.8 Å². The molecular weight excluding hydrogens is 560 g/mol. The zero-order valence-corrected chi connectivity index (χ0v) is 24.5. The molecule has 0 saturated carbocycles. The number of pyridine rings is 1. The number of hydrogen-bond acceptors (Lipinski definition) is 8. The van der Waals surface area contributed by atoms with E-state index in [1.165, 1.54) is 22.5 Å². The molecule has 1 aromatic heterocycles. The van der Waals surface area contributed by atoms with Gasteiger partial charge < -0.3 is 24.9 Å². The molecule has 0 spiro atoms. The lowest BCUT2D eigenvalue weighted by atomic mass is 10.0. The number of nitrogens with two attached hydrogens (primary N) is 1. The van der Waals surface area contributed by atoms with E-state index < -0.39 is 50.7 Å². The van der Waals surface area contributed by atoms with E-state index in [1.54, 1.807) is 47.1 Å². The number of ether oxygens (including phenoxy) is 1. The van der Waals surface area contributed by atoms with Gasteiger partial charge >= 0.3 is 0 Å². The molecule has 2 unspecified atom stereocenters. The van der Waals surface area contributed by atoms with Crippen molar-refractivity contribution in [2.24, 2.45) is 5.73 Å². The molecule has 9 nitrogen and oxygen atoms in total. The summed E-state index contributed by atoms with van der Waals surface area (Å²) in [6.45, 7) is 5.43. The fraction of sp³-hybridized carbons (Fsp3) is 0.333. The maximum absolute atomic E-state index is 15.3. The summed E-state index contributed by atoms with van der Waals surface area (Å²) >= 11 is -3.54. The zero-order valence-electron chi connectivity index (χ0n) is 22.9. The predicted molar refractivity (Wildman–Crippen MR) is 153 cm³/mol. The SMILES string of the molecule is COc1ccc(CN(C)[S+]([O-])CC(N)(N[S@+]([O-])C(C)(C)C)c2cc(NC(=O)c3ccc(F)cn3)ccc2F)cc1. The van der Waals surface area contributed by atoms with Gasteiger partial charge in [-0.2, -0.15) is 0 Å². The second-order valence-electron chi connectivity index (χ2n) is 10.1. The lowest BCUT2D eigenvalue weighted by Crippen LogP contribution is -2.61. The molecule has 3 aromatic rings. The molecule has 2 aromatic carbocycles. The zero-order chi connectivity index (χ0) is 29.7. The summed E-state index contributed by atoms with van der Waals surface area (Å²) in [5.74, 6) is -1.67. The standard InChI is InChI=1S/C27H33F2N5O4S2/c1-26(2,3)40(37)33-27(30,17-39(36)34(4)16-18-6-10-21(38-5)11-7-18)22-14-20(9-12-23(22)29)32-25(35)24-13-8-19(28)15-31-24/h6-15,33H,16-17,30H2,1-5H3,(H,32,35)/t27?,39?,40-/m1/s1. The van der Waals surface area contributed by atoms with Crippen LogP contribution in [0.2, 0.25) is 0 Å². The molecule has 3 rings (SSSR count). The topological polar surface area (TPSA) is 139 Å². The van der Waals surface area contributed by atoms with Crippen LogP contribution in [-0.2, 0) is 34.9 Å². The quantitative estimate of drug-likeness (QED) is 0.227.